The fourth-order valence-electron chi connectivity index (χ4n) is 11.1. The summed E-state index contributed by atoms with van der Waals surface area (Å²) in [5.74, 6) is 0.943. The molecule has 552 valence electrons. The molecule has 93 heavy (non-hydrogen) atoms. The summed E-state index contributed by atoms with van der Waals surface area (Å²) in [6.45, 7) is 14.2. The lowest BCUT2D eigenvalue weighted by Crippen LogP contribution is -2.30. The maximum absolute atomic E-state index is 13.1. The monoisotopic (exact) mass is 1370 g/mol. The number of phosphoric acid groups is 2. The van der Waals surface area contributed by atoms with Crippen molar-refractivity contribution in [3.63, 3.8) is 0 Å². The number of hydrogen-bond donors (Lipinski definition) is 3. The zero-order valence-electron chi connectivity index (χ0n) is 60.9. The van der Waals surface area contributed by atoms with Crippen LogP contribution in [0.5, 0.6) is 0 Å². The molecule has 0 aliphatic heterocycles. The van der Waals surface area contributed by atoms with E-state index in [1.807, 2.05) is 0 Å². The summed E-state index contributed by atoms with van der Waals surface area (Å²) in [5.41, 5.74) is 0. The molecule has 0 rings (SSSR count). The number of rotatable bonds is 71. The highest BCUT2D eigenvalue weighted by Crippen LogP contribution is 2.45. The zero-order valence-corrected chi connectivity index (χ0v) is 62.7. The number of unbranched alkanes of at least 4 members (excludes halogenated alkanes) is 35. The summed E-state index contributed by atoms with van der Waals surface area (Å²) >= 11 is 0. The Hall–Kier alpha value is -1.94. The smallest absolute Gasteiger partial charge is 0.462 e. The van der Waals surface area contributed by atoms with Gasteiger partial charge < -0.3 is 33.8 Å². The first kappa shape index (κ1) is 91.1. The molecule has 0 spiro atoms. The number of hydrogen-bond acceptors (Lipinski definition) is 15. The zero-order chi connectivity index (χ0) is 68.9. The first-order valence-electron chi connectivity index (χ1n) is 38.3. The molecule has 0 radical (unpaired) electrons. The third-order valence-corrected chi connectivity index (χ3v) is 19.7. The van der Waals surface area contributed by atoms with Crippen LogP contribution in [0.1, 0.15) is 370 Å². The minimum absolute atomic E-state index is 0.105. The van der Waals surface area contributed by atoms with Crippen LogP contribution in [0, 0.1) is 23.7 Å². The average Bonchev–Trinajstić information content (AvgIpc) is 3.11. The van der Waals surface area contributed by atoms with Crippen molar-refractivity contribution >= 4 is 39.5 Å². The Kier molecular flexibility index (Phi) is 62.2. The van der Waals surface area contributed by atoms with Gasteiger partial charge in [0.15, 0.2) is 12.2 Å². The summed E-state index contributed by atoms with van der Waals surface area (Å²) in [4.78, 5) is 72.7. The van der Waals surface area contributed by atoms with Gasteiger partial charge in [0.05, 0.1) is 26.4 Å². The number of ether oxygens (including phenoxy) is 4. The number of esters is 4. The number of carbonyl (C=O) groups is 4. The van der Waals surface area contributed by atoms with Crippen LogP contribution in [0.2, 0.25) is 0 Å². The predicted molar refractivity (Wildman–Crippen MR) is 377 cm³/mol. The van der Waals surface area contributed by atoms with Gasteiger partial charge in [0.1, 0.15) is 19.3 Å². The van der Waals surface area contributed by atoms with E-state index in [4.69, 9.17) is 37.0 Å². The molecule has 0 aliphatic rings. The Morgan fingerprint density at radius 1 is 0.301 bits per heavy atom. The maximum Gasteiger partial charge on any atom is 0.472 e. The van der Waals surface area contributed by atoms with E-state index in [0.717, 1.165) is 120 Å². The Balaban J connectivity index is 5.24. The highest BCUT2D eigenvalue weighted by Gasteiger charge is 2.30. The molecule has 3 N–H and O–H groups in total. The summed E-state index contributed by atoms with van der Waals surface area (Å²) < 4.78 is 68.4. The van der Waals surface area contributed by atoms with Gasteiger partial charge in [-0.1, -0.05) is 319 Å². The van der Waals surface area contributed by atoms with Crippen molar-refractivity contribution in [2.75, 3.05) is 39.6 Å². The topological polar surface area (TPSA) is 237 Å². The predicted octanol–water partition coefficient (Wildman–Crippen LogP) is 21.3. The van der Waals surface area contributed by atoms with E-state index in [1.165, 1.54) is 167 Å². The van der Waals surface area contributed by atoms with Crippen molar-refractivity contribution in [3.8, 4) is 0 Å². The summed E-state index contributed by atoms with van der Waals surface area (Å²) in [5, 5.41) is 10.6. The van der Waals surface area contributed by atoms with Crippen molar-refractivity contribution in [3.05, 3.63) is 0 Å². The van der Waals surface area contributed by atoms with Gasteiger partial charge in [0, 0.05) is 25.7 Å². The SMILES string of the molecule is CCC(C)CCCCCCCCCCCCCCCCC(=O)O[C@H](COC(=O)CCCCCCCCC(C)CC)COP(=O)(O)OCC(O)COP(=O)(O)OC[C@@H](COC(=O)CCCCCCCCCCC(C)C)OC(=O)CCCCCCCCCCCCCC(C)C. The second-order valence-corrected chi connectivity index (χ2v) is 31.0. The van der Waals surface area contributed by atoms with Crippen molar-refractivity contribution < 1.29 is 80.2 Å². The van der Waals surface area contributed by atoms with Crippen LogP contribution < -0.4 is 0 Å². The van der Waals surface area contributed by atoms with Gasteiger partial charge in [-0.2, -0.15) is 0 Å². The molecule has 0 amide bonds. The van der Waals surface area contributed by atoms with E-state index >= 15 is 0 Å². The Morgan fingerprint density at radius 2 is 0.516 bits per heavy atom. The minimum atomic E-state index is -4.96. The van der Waals surface area contributed by atoms with Crippen LogP contribution in [0.25, 0.3) is 0 Å². The highest BCUT2D eigenvalue weighted by molar-refractivity contribution is 7.47. The standard InChI is InChI=1S/C74H144O17P2/c1-9-66(7)52-44-36-28-21-17-13-11-12-14-18-22-30-40-48-56-73(78)91-70(61-85-72(77)55-47-39-33-32-37-45-53-67(8)10-2)63-89-93(82,83)87-59-68(75)58-86-92(80,81)88-62-69(60-84-71(76)54-46-38-29-25-24-27-35-43-51-65(5)6)90-74(79)57-49-41-31-23-19-15-16-20-26-34-42-50-64(3)4/h64-70,75H,9-63H2,1-8H3,(H,80,81)(H,82,83)/t66?,67?,68?,69-,70-/m1/s1. The Bertz CT molecular complexity index is 1840. The van der Waals surface area contributed by atoms with E-state index in [9.17, 15) is 43.2 Å². The molecular weight excluding hydrogens is 1220 g/mol. The van der Waals surface area contributed by atoms with Crippen LogP contribution in [0.15, 0.2) is 0 Å². The molecule has 7 atom stereocenters. The highest BCUT2D eigenvalue weighted by atomic mass is 31.2. The van der Waals surface area contributed by atoms with Crippen molar-refractivity contribution in [1.82, 2.24) is 0 Å². The second-order valence-electron chi connectivity index (χ2n) is 28.1. The Morgan fingerprint density at radius 3 is 0.763 bits per heavy atom. The largest absolute Gasteiger partial charge is 0.472 e. The van der Waals surface area contributed by atoms with Gasteiger partial charge in [-0.3, -0.25) is 37.3 Å². The van der Waals surface area contributed by atoms with Crippen LogP contribution >= 0.6 is 15.6 Å². The lowest BCUT2D eigenvalue weighted by molar-refractivity contribution is -0.161. The maximum atomic E-state index is 13.1. The lowest BCUT2D eigenvalue weighted by Gasteiger charge is -2.21. The first-order chi connectivity index (χ1) is 44.7. The van der Waals surface area contributed by atoms with Crippen LogP contribution in [0.3, 0.4) is 0 Å². The molecule has 0 aromatic carbocycles. The first-order valence-corrected chi connectivity index (χ1v) is 41.3. The molecular formula is C74H144O17P2. The molecule has 0 aromatic heterocycles. The summed E-state index contributed by atoms with van der Waals surface area (Å²) in [7, 11) is -9.91. The molecule has 0 fully saturated rings. The molecule has 0 saturated carbocycles. The van der Waals surface area contributed by atoms with Crippen LogP contribution in [-0.2, 0) is 65.4 Å². The second kappa shape index (κ2) is 63.5. The average molecular weight is 1370 g/mol. The molecule has 5 unspecified atom stereocenters. The van der Waals surface area contributed by atoms with Gasteiger partial charge in [-0.25, -0.2) is 9.13 Å². The van der Waals surface area contributed by atoms with E-state index in [2.05, 4.69) is 55.4 Å². The minimum Gasteiger partial charge on any atom is -0.462 e. The van der Waals surface area contributed by atoms with E-state index in [0.29, 0.717) is 25.7 Å². The summed E-state index contributed by atoms with van der Waals surface area (Å²) in [6, 6.07) is 0. The molecule has 0 aromatic rings. The molecule has 0 aliphatic carbocycles. The molecule has 17 nitrogen and oxygen atoms in total. The number of phosphoric ester groups is 2. The summed E-state index contributed by atoms with van der Waals surface area (Å²) in [6.07, 6.45) is 47.2. The number of aliphatic hydroxyl groups is 1. The van der Waals surface area contributed by atoms with Crippen molar-refractivity contribution in [1.29, 1.82) is 0 Å². The third kappa shape index (κ3) is 65.8. The quantitative estimate of drug-likeness (QED) is 0.0222. The van der Waals surface area contributed by atoms with Gasteiger partial charge in [-0.05, 0) is 49.4 Å². The van der Waals surface area contributed by atoms with Gasteiger partial charge in [0.2, 0.25) is 0 Å². The van der Waals surface area contributed by atoms with Crippen molar-refractivity contribution in [2.24, 2.45) is 23.7 Å². The third-order valence-electron chi connectivity index (χ3n) is 17.8. The fourth-order valence-corrected chi connectivity index (χ4v) is 12.7. The van der Waals surface area contributed by atoms with Crippen LogP contribution in [-0.4, -0.2) is 96.7 Å². The van der Waals surface area contributed by atoms with E-state index in [-0.39, 0.29) is 25.7 Å². The van der Waals surface area contributed by atoms with Crippen molar-refractivity contribution in [2.45, 2.75) is 388 Å². The van der Waals surface area contributed by atoms with Gasteiger partial charge >= 0.3 is 39.5 Å². The van der Waals surface area contributed by atoms with Gasteiger partial charge in [0.25, 0.3) is 0 Å². The van der Waals surface area contributed by atoms with Crippen LogP contribution in [0.4, 0.5) is 0 Å². The normalized spacial score (nSPS) is 14.8. The fraction of sp³-hybridized carbons (Fsp3) is 0.946. The Labute approximate surface area is 568 Å². The molecule has 0 saturated heterocycles. The lowest BCUT2D eigenvalue weighted by atomic mass is 9.99. The molecule has 0 bridgehead atoms. The van der Waals surface area contributed by atoms with Gasteiger partial charge in [-0.15, -0.1) is 0 Å². The van der Waals surface area contributed by atoms with E-state index < -0.39 is 97.5 Å². The van der Waals surface area contributed by atoms with E-state index in [1.54, 1.807) is 0 Å². The number of aliphatic hydroxyl groups excluding tert-OH is 1. The molecule has 19 heteroatoms. The number of carbonyl (C=O) groups excluding carboxylic acids is 4. The molecule has 0 heterocycles.